The average Bonchev–Trinajstić information content (AvgIpc) is 2.70. The van der Waals surface area contributed by atoms with Gasteiger partial charge in [0.15, 0.2) is 0 Å². The zero-order valence-corrected chi connectivity index (χ0v) is 9.64. The molecule has 1 atom stereocenters. The van der Waals surface area contributed by atoms with Crippen molar-refractivity contribution in [2.75, 3.05) is 13.1 Å². The molecule has 1 N–H and O–H groups in total. The normalized spacial score (nSPS) is 19.8. The summed E-state index contributed by atoms with van der Waals surface area (Å²) in [4.78, 5) is 3.64. The van der Waals surface area contributed by atoms with E-state index in [0.29, 0.717) is 6.54 Å². The second-order valence-electron chi connectivity index (χ2n) is 3.62. The zero-order chi connectivity index (χ0) is 11.6. The van der Waals surface area contributed by atoms with Crippen LogP contribution in [0.4, 0.5) is 13.2 Å². The van der Waals surface area contributed by atoms with Gasteiger partial charge >= 0.3 is 6.18 Å². The van der Waals surface area contributed by atoms with Crippen molar-refractivity contribution in [1.82, 2.24) is 10.3 Å². The van der Waals surface area contributed by atoms with Crippen LogP contribution >= 0.6 is 12.4 Å². The number of nitrogens with zero attached hydrogens (tertiary/aromatic N) is 1. The van der Waals surface area contributed by atoms with Gasteiger partial charge in [-0.3, -0.25) is 0 Å². The Labute approximate surface area is 103 Å². The maximum Gasteiger partial charge on any atom is 0.417 e. The molecule has 0 aliphatic carbocycles. The quantitative estimate of drug-likeness (QED) is 0.893. The zero-order valence-electron chi connectivity index (χ0n) is 8.83. The Morgan fingerprint density at radius 1 is 1.35 bits per heavy atom. The van der Waals surface area contributed by atoms with Crippen LogP contribution in [-0.2, 0) is 6.18 Å². The van der Waals surface area contributed by atoms with Crippen LogP contribution in [0.15, 0.2) is 18.3 Å². The van der Waals surface area contributed by atoms with Crippen LogP contribution in [0.3, 0.4) is 0 Å². The number of aromatic nitrogens is 1. The number of halogens is 4. The predicted octanol–water partition coefficient (Wildman–Crippen LogP) is 2.26. The number of pyridine rings is 1. The third-order valence-corrected chi connectivity index (χ3v) is 2.37. The number of nitrogens with one attached hydrogen (secondary N) is 1. The van der Waals surface area contributed by atoms with Crippen molar-refractivity contribution >= 4 is 12.4 Å². The molecular weight excluding hydrogens is 257 g/mol. The van der Waals surface area contributed by atoms with E-state index in [0.717, 1.165) is 25.2 Å². The van der Waals surface area contributed by atoms with Gasteiger partial charge in [-0.15, -0.1) is 12.4 Å². The highest BCUT2D eigenvalue weighted by molar-refractivity contribution is 5.85. The van der Waals surface area contributed by atoms with Crippen LogP contribution in [0, 0.1) is 0 Å². The SMILES string of the molecule is Cl.FC(F)(F)c1ccc(OC2CCNC2)nc1. The Kier molecular flexibility index (Phi) is 4.59. The lowest BCUT2D eigenvalue weighted by Crippen LogP contribution is -2.20. The second-order valence-corrected chi connectivity index (χ2v) is 3.62. The highest BCUT2D eigenvalue weighted by Crippen LogP contribution is 2.29. The van der Waals surface area contributed by atoms with Crippen LogP contribution in [0.2, 0.25) is 0 Å². The summed E-state index contributed by atoms with van der Waals surface area (Å²) in [5.41, 5.74) is -0.760. The molecule has 1 unspecified atom stereocenters. The van der Waals surface area contributed by atoms with Crippen molar-refractivity contribution in [1.29, 1.82) is 0 Å². The van der Waals surface area contributed by atoms with Crippen LogP contribution in [0.25, 0.3) is 0 Å². The van der Waals surface area contributed by atoms with Gasteiger partial charge in [0, 0.05) is 18.8 Å². The summed E-state index contributed by atoms with van der Waals surface area (Å²) >= 11 is 0. The van der Waals surface area contributed by atoms with E-state index in [9.17, 15) is 13.2 Å². The molecule has 17 heavy (non-hydrogen) atoms. The smallest absolute Gasteiger partial charge is 0.417 e. The summed E-state index contributed by atoms with van der Waals surface area (Å²) in [5.74, 6) is 0.238. The molecule has 0 saturated carbocycles. The standard InChI is InChI=1S/C10H11F3N2O.ClH/c11-10(12,13)7-1-2-9(15-5-7)16-8-3-4-14-6-8;/h1-2,5,8,14H,3-4,6H2;1H. The molecule has 0 bridgehead atoms. The van der Waals surface area contributed by atoms with E-state index in [2.05, 4.69) is 10.3 Å². The first-order chi connectivity index (χ1) is 7.55. The van der Waals surface area contributed by atoms with Gasteiger partial charge in [-0.2, -0.15) is 13.2 Å². The van der Waals surface area contributed by atoms with E-state index in [1.807, 2.05) is 0 Å². The molecule has 1 aromatic heterocycles. The molecule has 1 aliphatic heterocycles. The number of hydrogen-bond acceptors (Lipinski definition) is 3. The molecule has 0 amide bonds. The van der Waals surface area contributed by atoms with Gasteiger partial charge in [-0.25, -0.2) is 4.98 Å². The Balaban J connectivity index is 0.00000144. The fourth-order valence-corrected chi connectivity index (χ4v) is 1.52. The lowest BCUT2D eigenvalue weighted by atomic mass is 10.3. The molecule has 0 aromatic carbocycles. The molecular formula is C10H12ClF3N2O. The summed E-state index contributed by atoms with van der Waals surface area (Å²) in [6, 6.07) is 2.23. The first-order valence-corrected chi connectivity index (χ1v) is 4.96. The maximum atomic E-state index is 12.2. The molecule has 96 valence electrons. The highest BCUT2D eigenvalue weighted by Gasteiger charge is 2.30. The number of rotatable bonds is 2. The summed E-state index contributed by atoms with van der Waals surface area (Å²) in [5, 5.41) is 3.10. The Morgan fingerprint density at radius 2 is 2.12 bits per heavy atom. The fourth-order valence-electron chi connectivity index (χ4n) is 1.52. The summed E-state index contributed by atoms with van der Waals surface area (Å²) < 4.78 is 42.1. The molecule has 2 rings (SSSR count). The Hall–Kier alpha value is -1.01. The molecule has 2 heterocycles. The van der Waals surface area contributed by atoms with Gasteiger partial charge in [0.1, 0.15) is 6.10 Å². The van der Waals surface area contributed by atoms with E-state index < -0.39 is 11.7 Å². The van der Waals surface area contributed by atoms with Crippen LogP contribution in [-0.4, -0.2) is 24.2 Å². The molecule has 7 heteroatoms. The molecule has 3 nitrogen and oxygen atoms in total. The van der Waals surface area contributed by atoms with Gasteiger partial charge in [0.25, 0.3) is 0 Å². The van der Waals surface area contributed by atoms with Crippen LogP contribution in [0.5, 0.6) is 5.88 Å². The Morgan fingerprint density at radius 3 is 2.59 bits per heavy atom. The van der Waals surface area contributed by atoms with E-state index in [4.69, 9.17) is 4.74 Å². The van der Waals surface area contributed by atoms with Gasteiger partial charge in [-0.1, -0.05) is 0 Å². The Bertz CT molecular complexity index is 350. The van der Waals surface area contributed by atoms with Crippen molar-refractivity contribution < 1.29 is 17.9 Å². The molecule has 0 radical (unpaired) electrons. The number of ether oxygens (including phenoxy) is 1. The molecule has 0 spiro atoms. The average molecular weight is 269 g/mol. The minimum atomic E-state index is -4.35. The minimum absolute atomic E-state index is 0. The van der Waals surface area contributed by atoms with Crippen molar-refractivity contribution in [3.8, 4) is 5.88 Å². The largest absolute Gasteiger partial charge is 0.473 e. The molecule has 1 aliphatic rings. The lowest BCUT2D eigenvalue weighted by Gasteiger charge is -2.12. The molecule has 1 aromatic rings. The van der Waals surface area contributed by atoms with Gasteiger partial charge in [0.05, 0.1) is 5.56 Å². The van der Waals surface area contributed by atoms with Crippen LogP contribution < -0.4 is 10.1 Å². The lowest BCUT2D eigenvalue weighted by molar-refractivity contribution is -0.137. The van der Waals surface area contributed by atoms with Crippen molar-refractivity contribution in [3.05, 3.63) is 23.9 Å². The van der Waals surface area contributed by atoms with E-state index in [-0.39, 0.29) is 24.4 Å². The van der Waals surface area contributed by atoms with Gasteiger partial charge in [0.2, 0.25) is 5.88 Å². The van der Waals surface area contributed by atoms with Crippen LogP contribution in [0.1, 0.15) is 12.0 Å². The summed E-state index contributed by atoms with van der Waals surface area (Å²) in [7, 11) is 0. The molecule has 1 fully saturated rings. The second kappa shape index (κ2) is 5.55. The fraction of sp³-hybridized carbons (Fsp3) is 0.500. The third-order valence-electron chi connectivity index (χ3n) is 2.37. The van der Waals surface area contributed by atoms with E-state index >= 15 is 0 Å². The first-order valence-electron chi connectivity index (χ1n) is 4.96. The predicted molar refractivity (Wildman–Crippen MR) is 58.4 cm³/mol. The third kappa shape index (κ3) is 3.74. The van der Waals surface area contributed by atoms with Crippen molar-refractivity contribution in [2.45, 2.75) is 18.7 Å². The number of alkyl halides is 3. The van der Waals surface area contributed by atoms with Gasteiger partial charge < -0.3 is 10.1 Å². The van der Waals surface area contributed by atoms with E-state index in [1.54, 1.807) is 0 Å². The van der Waals surface area contributed by atoms with Crippen molar-refractivity contribution in [2.24, 2.45) is 0 Å². The van der Waals surface area contributed by atoms with E-state index in [1.165, 1.54) is 6.07 Å². The highest BCUT2D eigenvalue weighted by atomic mass is 35.5. The monoisotopic (exact) mass is 268 g/mol. The summed E-state index contributed by atoms with van der Waals surface area (Å²) in [6.07, 6.45) is -2.70. The molecule has 1 saturated heterocycles. The number of hydrogen-bond donors (Lipinski definition) is 1. The topological polar surface area (TPSA) is 34.1 Å². The minimum Gasteiger partial charge on any atom is -0.473 e. The maximum absolute atomic E-state index is 12.2. The first kappa shape index (κ1) is 14.1. The van der Waals surface area contributed by atoms with Crippen molar-refractivity contribution in [3.63, 3.8) is 0 Å². The summed E-state index contributed by atoms with van der Waals surface area (Å²) in [6.45, 7) is 1.58. The van der Waals surface area contributed by atoms with Gasteiger partial charge in [-0.05, 0) is 19.0 Å².